The molecule has 0 spiro atoms. The Morgan fingerprint density at radius 1 is 1.21 bits per heavy atom. The molecule has 1 atom stereocenters. The second-order valence-electron chi connectivity index (χ2n) is 5.91. The van der Waals surface area contributed by atoms with Crippen LogP contribution in [0.3, 0.4) is 0 Å². The molecule has 4 N–H and O–H groups in total. The molecule has 0 radical (unpaired) electrons. The number of nitrogen functional groups attached to an aromatic ring is 1. The monoisotopic (exact) mass is 325 g/mol. The summed E-state index contributed by atoms with van der Waals surface area (Å²) in [5.41, 5.74) is 8.75. The molecule has 126 valence electrons. The van der Waals surface area contributed by atoms with E-state index < -0.39 is 0 Å². The van der Waals surface area contributed by atoms with Crippen LogP contribution in [0.1, 0.15) is 25.3 Å². The molecule has 1 aromatic carbocycles. The summed E-state index contributed by atoms with van der Waals surface area (Å²) in [4.78, 5) is 8.69. The van der Waals surface area contributed by atoms with Crippen LogP contribution in [0.25, 0.3) is 11.0 Å². The van der Waals surface area contributed by atoms with Gasteiger partial charge in [-0.3, -0.25) is 0 Å². The lowest BCUT2D eigenvalue weighted by Crippen LogP contribution is -2.24. The van der Waals surface area contributed by atoms with Gasteiger partial charge < -0.3 is 20.7 Å². The summed E-state index contributed by atoms with van der Waals surface area (Å²) in [5, 5.41) is 12.9. The highest BCUT2D eigenvalue weighted by molar-refractivity contribution is 5.87. The van der Waals surface area contributed by atoms with Gasteiger partial charge in [0.1, 0.15) is 5.52 Å². The minimum absolute atomic E-state index is 0.0485. The van der Waals surface area contributed by atoms with E-state index in [-0.39, 0.29) is 18.6 Å². The second-order valence-corrected chi connectivity index (χ2v) is 5.91. The van der Waals surface area contributed by atoms with Gasteiger partial charge in [-0.2, -0.15) is 4.98 Å². The van der Waals surface area contributed by atoms with E-state index in [1.165, 1.54) is 5.56 Å². The zero-order chi connectivity index (χ0) is 16.9. The highest BCUT2D eigenvalue weighted by Crippen LogP contribution is 2.24. The molecule has 0 aliphatic rings. The van der Waals surface area contributed by atoms with Crippen LogP contribution < -0.4 is 11.1 Å². The molecule has 6 nitrogen and oxygen atoms in total. The van der Waals surface area contributed by atoms with Crippen molar-refractivity contribution in [2.75, 3.05) is 17.7 Å². The molecule has 0 bridgehead atoms. The van der Waals surface area contributed by atoms with Gasteiger partial charge in [0, 0.05) is 12.7 Å². The number of nitrogens with zero attached hydrogens (tertiary/aromatic N) is 3. The molecule has 0 aliphatic carbocycles. The Kier molecular flexibility index (Phi) is 4.96. The molecule has 0 saturated carbocycles. The van der Waals surface area contributed by atoms with Gasteiger partial charge >= 0.3 is 0 Å². The van der Waals surface area contributed by atoms with E-state index in [9.17, 15) is 5.11 Å². The van der Waals surface area contributed by atoms with Crippen molar-refractivity contribution in [3.63, 3.8) is 0 Å². The molecule has 3 aromatic rings. The zero-order valence-corrected chi connectivity index (χ0v) is 13.8. The van der Waals surface area contributed by atoms with Crippen LogP contribution in [0.15, 0.2) is 42.6 Å². The predicted octanol–water partition coefficient (Wildman–Crippen LogP) is 2.63. The predicted molar refractivity (Wildman–Crippen MR) is 96.9 cm³/mol. The maximum Gasteiger partial charge on any atom is 0.222 e. The van der Waals surface area contributed by atoms with Crippen molar-refractivity contribution in [1.29, 1.82) is 0 Å². The summed E-state index contributed by atoms with van der Waals surface area (Å²) in [6, 6.07) is 12.1. The van der Waals surface area contributed by atoms with E-state index >= 15 is 0 Å². The third kappa shape index (κ3) is 3.49. The molecule has 0 saturated heterocycles. The van der Waals surface area contributed by atoms with Crippen molar-refractivity contribution in [2.24, 2.45) is 0 Å². The number of anilines is 2. The van der Waals surface area contributed by atoms with E-state index in [0.717, 1.165) is 30.4 Å². The first-order valence-electron chi connectivity index (χ1n) is 8.25. The van der Waals surface area contributed by atoms with Gasteiger partial charge in [0.05, 0.1) is 18.2 Å². The fourth-order valence-corrected chi connectivity index (χ4v) is 2.89. The molecule has 2 aromatic heterocycles. The molecule has 0 fully saturated rings. The Bertz CT molecular complexity index is 800. The van der Waals surface area contributed by atoms with Crippen LogP contribution >= 0.6 is 0 Å². The summed E-state index contributed by atoms with van der Waals surface area (Å²) in [6.45, 7) is 2.87. The van der Waals surface area contributed by atoms with Crippen LogP contribution in [0.5, 0.6) is 0 Å². The average Bonchev–Trinajstić information content (AvgIpc) is 2.98. The van der Waals surface area contributed by atoms with E-state index in [1.54, 1.807) is 0 Å². The summed E-state index contributed by atoms with van der Waals surface area (Å²) >= 11 is 0. The standard InChI is InChI=1S/C18H23N5O/c1-2-6-14(12-24)20-17-16-15(21-18(19)22-17)9-10-23(16)11-13-7-4-3-5-8-13/h3-5,7-10,14,24H,2,6,11-12H2,1H3,(H3,19,20,21,22)/t14-/m0/s1. The maximum absolute atomic E-state index is 9.57. The van der Waals surface area contributed by atoms with Crippen molar-refractivity contribution < 1.29 is 5.11 Å². The fourth-order valence-electron chi connectivity index (χ4n) is 2.89. The van der Waals surface area contributed by atoms with Crippen molar-refractivity contribution in [2.45, 2.75) is 32.4 Å². The number of nitrogens with one attached hydrogen (secondary N) is 1. The number of benzene rings is 1. The van der Waals surface area contributed by atoms with Gasteiger partial charge in [0.2, 0.25) is 5.95 Å². The molecule has 0 aliphatic heterocycles. The Labute approximate surface area is 141 Å². The Hall–Kier alpha value is -2.60. The molecule has 6 heteroatoms. The molecule has 0 amide bonds. The van der Waals surface area contributed by atoms with Crippen molar-refractivity contribution in [3.05, 3.63) is 48.2 Å². The lowest BCUT2D eigenvalue weighted by atomic mass is 10.2. The number of aliphatic hydroxyl groups excluding tert-OH is 1. The molecule has 24 heavy (non-hydrogen) atoms. The quantitative estimate of drug-likeness (QED) is 0.621. The molecule has 2 heterocycles. The molecule has 0 unspecified atom stereocenters. The highest BCUT2D eigenvalue weighted by Gasteiger charge is 2.15. The topological polar surface area (TPSA) is 89.0 Å². The van der Waals surface area contributed by atoms with Gasteiger partial charge in [0.15, 0.2) is 5.82 Å². The zero-order valence-electron chi connectivity index (χ0n) is 13.8. The first-order valence-corrected chi connectivity index (χ1v) is 8.25. The van der Waals surface area contributed by atoms with Gasteiger partial charge in [-0.15, -0.1) is 0 Å². The smallest absolute Gasteiger partial charge is 0.222 e. The molecule has 3 rings (SSSR count). The van der Waals surface area contributed by atoms with Crippen molar-refractivity contribution in [3.8, 4) is 0 Å². The Balaban J connectivity index is 1.99. The summed E-state index contributed by atoms with van der Waals surface area (Å²) in [6.07, 6.45) is 3.83. The first kappa shape index (κ1) is 16.3. The number of hydrogen-bond donors (Lipinski definition) is 3. The van der Waals surface area contributed by atoms with Gasteiger partial charge in [-0.1, -0.05) is 43.7 Å². The fraction of sp³-hybridized carbons (Fsp3) is 0.333. The van der Waals surface area contributed by atoms with Crippen LogP contribution in [-0.2, 0) is 6.54 Å². The Morgan fingerprint density at radius 2 is 2.00 bits per heavy atom. The SMILES string of the molecule is CCC[C@@H](CO)Nc1nc(N)nc2ccn(Cc3ccccc3)c12. The van der Waals surface area contributed by atoms with E-state index in [2.05, 4.69) is 38.9 Å². The third-order valence-corrected chi connectivity index (χ3v) is 4.02. The van der Waals surface area contributed by atoms with E-state index in [0.29, 0.717) is 5.82 Å². The van der Waals surface area contributed by atoms with E-state index in [4.69, 9.17) is 5.73 Å². The molecular weight excluding hydrogens is 302 g/mol. The van der Waals surface area contributed by atoms with Crippen LogP contribution in [0.4, 0.5) is 11.8 Å². The second kappa shape index (κ2) is 7.31. The van der Waals surface area contributed by atoms with Crippen molar-refractivity contribution >= 4 is 22.8 Å². The number of hydrogen-bond acceptors (Lipinski definition) is 5. The summed E-state index contributed by atoms with van der Waals surface area (Å²) < 4.78 is 2.10. The largest absolute Gasteiger partial charge is 0.394 e. The minimum Gasteiger partial charge on any atom is -0.394 e. The number of aliphatic hydroxyl groups is 1. The lowest BCUT2D eigenvalue weighted by molar-refractivity contribution is 0.268. The number of nitrogens with two attached hydrogens (primary N) is 1. The van der Waals surface area contributed by atoms with Gasteiger partial charge in [-0.05, 0) is 18.1 Å². The van der Waals surface area contributed by atoms with Gasteiger partial charge in [-0.25, -0.2) is 4.98 Å². The highest BCUT2D eigenvalue weighted by atomic mass is 16.3. The third-order valence-electron chi connectivity index (χ3n) is 4.02. The van der Waals surface area contributed by atoms with Crippen molar-refractivity contribution in [1.82, 2.24) is 14.5 Å². The normalized spacial score (nSPS) is 12.4. The number of rotatable bonds is 7. The number of fused-ring (bicyclic) bond motifs is 1. The van der Waals surface area contributed by atoms with E-state index in [1.807, 2.05) is 30.5 Å². The van der Waals surface area contributed by atoms with Crippen LogP contribution in [0.2, 0.25) is 0 Å². The summed E-state index contributed by atoms with van der Waals surface area (Å²) in [5.74, 6) is 0.904. The Morgan fingerprint density at radius 3 is 2.71 bits per heavy atom. The lowest BCUT2D eigenvalue weighted by Gasteiger charge is -2.18. The summed E-state index contributed by atoms with van der Waals surface area (Å²) in [7, 11) is 0. The number of aromatic nitrogens is 3. The molecular formula is C18H23N5O. The minimum atomic E-state index is -0.0485. The van der Waals surface area contributed by atoms with Gasteiger partial charge in [0.25, 0.3) is 0 Å². The van der Waals surface area contributed by atoms with Crippen LogP contribution in [-0.4, -0.2) is 32.3 Å². The first-order chi connectivity index (χ1) is 11.7. The maximum atomic E-state index is 9.57. The van der Waals surface area contributed by atoms with Crippen LogP contribution in [0, 0.1) is 0 Å². The average molecular weight is 325 g/mol.